The van der Waals surface area contributed by atoms with E-state index in [9.17, 15) is 4.79 Å². The Balaban J connectivity index is 1.72. The summed E-state index contributed by atoms with van der Waals surface area (Å²) >= 11 is 13.1. The van der Waals surface area contributed by atoms with E-state index in [1.807, 2.05) is 0 Å². The van der Waals surface area contributed by atoms with Crippen molar-refractivity contribution >= 4 is 57.7 Å². The van der Waals surface area contributed by atoms with Crippen LogP contribution in [0.1, 0.15) is 6.92 Å². The van der Waals surface area contributed by atoms with Gasteiger partial charge in [-0.05, 0) is 25.1 Å². The first kappa shape index (κ1) is 16.0. The molecule has 3 aromatic rings. The second-order valence-corrected chi connectivity index (χ2v) is 6.80. The lowest BCUT2D eigenvalue weighted by Gasteiger charge is -2.12. The van der Waals surface area contributed by atoms with Crippen LogP contribution in [0, 0.1) is 0 Å². The molecule has 0 bridgehead atoms. The Labute approximate surface area is 146 Å². The van der Waals surface area contributed by atoms with Gasteiger partial charge in [-0.2, -0.15) is 0 Å². The average molecular weight is 368 g/mol. The molecule has 0 aliphatic carbocycles. The molecule has 2 aromatic heterocycles. The van der Waals surface area contributed by atoms with Gasteiger partial charge in [0.15, 0.2) is 5.65 Å². The number of thioether (sulfide) groups is 1. The second kappa shape index (κ2) is 6.74. The number of benzene rings is 1. The summed E-state index contributed by atoms with van der Waals surface area (Å²) in [5.74, 6) is -0.167. The molecule has 0 radical (unpaired) electrons. The summed E-state index contributed by atoms with van der Waals surface area (Å²) in [6.45, 7) is 1.79. The van der Waals surface area contributed by atoms with Crippen LogP contribution in [-0.2, 0) is 4.79 Å². The number of H-pyrrole nitrogens is 1. The zero-order valence-corrected chi connectivity index (χ0v) is 14.2. The summed E-state index contributed by atoms with van der Waals surface area (Å²) in [5, 5.41) is 3.93. The second-order valence-electron chi connectivity index (χ2n) is 4.66. The highest BCUT2D eigenvalue weighted by Crippen LogP contribution is 2.28. The number of aromatic nitrogens is 4. The van der Waals surface area contributed by atoms with Crippen LogP contribution in [0.15, 0.2) is 35.9 Å². The number of fused-ring (bicyclic) bond motifs is 1. The number of nitrogens with zero attached hydrogens (tertiary/aromatic N) is 3. The van der Waals surface area contributed by atoms with E-state index in [0.717, 1.165) is 0 Å². The predicted molar refractivity (Wildman–Crippen MR) is 92.1 cm³/mol. The quantitative estimate of drug-likeness (QED) is 0.541. The molecule has 0 aliphatic rings. The van der Waals surface area contributed by atoms with Gasteiger partial charge in [-0.15, -0.1) is 0 Å². The Hall–Kier alpha value is -1.83. The number of imidazole rings is 1. The highest BCUT2D eigenvalue weighted by atomic mass is 35.5. The molecule has 0 unspecified atom stereocenters. The molecule has 2 heterocycles. The number of nitrogens with one attached hydrogen (secondary N) is 2. The lowest BCUT2D eigenvalue weighted by atomic mass is 10.3. The van der Waals surface area contributed by atoms with Crippen molar-refractivity contribution in [3.05, 3.63) is 40.9 Å². The van der Waals surface area contributed by atoms with E-state index in [0.29, 0.717) is 31.9 Å². The van der Waals surface area contributed by atoms with Crippen LogP contribution in [-0.4, -0.2) is 31.1 Å². The molecule has 1 atom stereocenters. The number of anilines is 1. The summed E-state index contributed by atoms with van der Waals surface area (Å²) in [4.78, 5) is 27.6. The molecule has 1 amide bonds. The summed E-state index contributed by atoms with van der Waals surface area (Å²) < 4.78 is 0. The largest absolute Gasteiger partial charge is 0.341 e. The van der Waals surface area contributed by atoms with Crippen LogP contribution < -0.4 is 5.32 Å². The number of hydrogen-bond donors (Lipinski definition) is 2. The van der Waals surface area contributed by atoms with E-state index < -0.39 is 0 Å². The van der Waals surface area contributed by atoms with Crippen molar-refractivity contribution in [3.8, 4) is 0 Å². The Morgan fingerprint density at radius 2 is 2.09 bits per heavy atom. The molecule has 0 saturated carbocycles. The molecular weight excluding hydrogens is 357 g/mol. The summed E-state index contributed by atoms with van der Waals surface area (Å²) in [6.07, 6.45) is 2.97. The van der Waals surface area contributed by atoms with Crippen molar-refractivity contribution in [2.24, 2.45) is 0 Å². The van der Waals surface area contributed by atoms with E-state index in [1.54, 1.807) is 31.5 Å². The van der Waals surface area contributed by atoms with E-state index in [-0.39, 0.29) is 11.2 Å². The Morgan fingerprint density at radius 1 is 1.26 bits per heavy atom. The van der Waals surface area contributed by atoms with Gasteiger partial charge in [0.25, 0.3) is 0 Å². The fourth-order valence-electron chi connectivity index (χ4n) is 1.87. The van der Waals surface area contributed by atoms with E-state index in [4.69, 9.17) is 23.2 Å². The molecule has 0 spiro atoms. The smallest absolute Gasteiger partial charge is 0.237 e. The zero-order valence-electron chi connectivity index (χ0n) is 11.9. The van der Waals surface area contributed by atoms with Crippen molar-refractivity contribution in [2.45, 2.75) is 17.2 Å². The number of hydrogen-bond acceptors (Lipinski definition) is 5. The molecule has 0 aliphatic heterocycles. The maximum atomic E-state index is 12.3. The molecule has 1 aromatic carbocycles. The highest BCUT2D eigenvalue weighted by Gasteiger charge is 2.18. The average Bonchev–Trinajstić information content (AvgIpc) is 3.00. The lowest BCUT2D eigenvalue weighted by Crippen LogP contribution is -2.22. The van der Waals surface area contributed by atoms with Crippen LogP contribution in [0.5, 0.6) is 0 Å². The van der Waals surface area contributed by atoms with Gasteiger partial charge in [0, 0.05) is 5.69 Å². The standard InChI is InChI=1S/C14H11Cl2N5OS/c1-7(13(22)21-8-2-3-9(15)10(16)4-8)23-14-11-12(18-5-17-11)19-6-20-14/h2-7H,1H3,(H,21,22)(H,17,18,19,20)/t7-/m1/s1. The zero-order chi connectivity index (χ0) is 16.4. The number of aromatic amines is 1. The molecule has 0 saturated heterocycles. The van der Waals surface area contributed by atoms with Crippen molar-refractivity contribution < 1.29 is 4.79 Å². The third-order valence-corrected chi connectivity index (χ3v) is 4.87. The van der Waals surface area contributed by atoms with Gasteiger partial charge in [-0.3, -0.25) is 4.79 Å². The Kier molecular flexibility index (Phi) is 4.70. The maximum Gasteiger partial charge on any atom is 0.237 e. The maximum absolute atomic E-state index is 12.3. The third kappa shape index (κ3) is 3.57. The van der Waals surface area contributed by atoms with Gasteiger partial charge in [0.1, 0.15) is 16.9 Å². The van der Waals surface area contributed by atoms with Crippen LogP contribution >= 0.6 is 35.0 Å². The Bertz CT molecular complexity index is 869. The third-order valence-electron chi connectivity index (χ3n) is 3.03. The summed E-state index contributed by atoms with van der Waals surface area (Å²) in [6, 6.07) is 4.94. The molecule has 6 nitrogen and oxygen atoms in total. The van der Waals surface area contributed by atoms with Gasteiger partial charge in [0.2, 0.25) is 5.91 Å². The normalized spacial score (nSPS) is 12.3. The van der Waals surface area contributed by atoms with Crippen LogP contribution in [0.3, 0.4) is 0 Å². The van der Waals surface area contributed by atoms with Gasteiger partial charge >= 0.3 is 0 Å². The molecule has 0 fully saturated rings. The SMILES string of the molecule is C[C@@H](Sc1ncnc2nc[nH]c12)C(=O)Nc1ccc(Cl)c(Cl)c1. The van der Waals surface area contributed by atoms with Crippen molar-refractivity contribution in [2.75, 3.05) is 5.32 Å². The molecule has 2 N–H and O–H groups in total. The number of carbonyl (C=O) groups excluding carboxylic acids is 1. The van der Waals surface area contributed by atoms with E-state index in [2.05, 4.69) is 25.3 Å². The van der Waals surface area contributed by atoms with Gasteiger partial charge in [-0.1, -0.05) is 35.0 Å². The molecular formula is C14H11Cl2N5OS. The molecule has 23 heavy (non-hydrogen) atoms. The minimum Gasteiger partial charge on any atom is -0.341 e. The first-order chi connectivity index (χ1) is 11.0. The van der Waals surface area contributed by atoms with Gasteiger partial charge in [-0.25, -0.2) is 15.0 Å². The van der Waals surface area contributed by atoms with Gasteiger partial charge in [0.05, 0.1) is 21.6 Å². The van der Waals surface area contributed by atoms with Crippen molar-refractivity contribution in [1.29, 1.82) is 0 Å². The molecule has 3 rings (SSSR count). The van der Waals surface area contributed by atoms with E-state index in [1.165, 1.54) is 18.1 Å². The fourth-order valence-corrected chi connectivity index (χ4v) is 3.05. The van der Waals surface area contributed by atoms with Crippen molar-refractivity contribution in [1.82, 2.24) is 19.9 Å². The summed E-state index contributed by atoms with van der Waals surface area (Å²) in [5.41, 5.74) is 1.87. The van der Waals surface area contributed by atoms with Crippen molar-refractivity contribution in [3.63, 3.8) is 0 Å². The number of carbonyl (C=O) groups is 1. The highest BCUT2D eigenvalue weighted by molar-refractivity contribution is 8.00. The Morgan fingerprint density at radius 3 is 2.87 bits per heavy atom. The first-order valence-electron chi connectivity index (χ1n) is 6.61. The minimum atomic E-state index is -0.370. The van der Waals surface area contributed by atoms with Gasteiger partial charge < -0.3 is 10.3 Å². The number of rotatable bonds is 4. The topological polar surface area (TPSA) is 83.6 Å². The van der Waals surface area contributed by atoms with Crippen LogP contribution in [0.4, 0.5) is 5.69 Å². The number of halogens is 2. The fraction of sp³-hybridized carbons (Fsp3) is 0.143. The van der Waals surface area contributed by atoms with E-state index >= 15 is 0 Å². The minimum absolute atomic E-state index is 0.167. The van der Waals surface area contributed by atoms with Crippen LogP contribution in [0.2, 0.25) is 10.0 Å². The summed E-state index contributed by atoms with van der Waals surface area (Å²) in [7, 11) is 0. The molecule has 9 heteroatoms. The predicted octanol–water partition coefficient (Wildman–Crippen LogP) is 3.78. The lowest BCUT2D eigenvalue weighted by molar-refractivity contribution is -0.115. The van der Waals surface area contributed by atoms with Crippen LogP contribution in [0.25, 0.3) is 11.2 Å². The molecule has 118 valence electrons. The number of amides is 1. The first-order valence-corrected chi connectivity index (χ1v) is 8.25. The monoisotopic (exact) mass is 367 g/mol.